The molecule has 1 saturated heterocycles. The zero-order valence-electron chi connectivity index (χ0n) is 20.1. The molecule has 0 aliphatic carbocycles. The lowest BCUT2D eigenvalue weighted by atomic mass is 9.91. The molecule has 3 aromatic carbocycles. The summed E-state index contributed by atoms with van der Waals surface area (Å²) in [6.07, 6.45) is 1.18. The highest BCUT2D eigenvalue weighted by atomic mass is 16.6. The lowest BCUT2D eigenvalue weighted by Gasteiger charge is -2.45. The summed E-state index contributed by atoms with van der Waals surface area (Å²) in [5, 5.41) is 0. The van der Waals surface area contributed by atoms with Crippen LogP contribution in [-0.2, 0) is 38.8 Å². The number of hydrogen-bond donors (Lipinski definition) is 1. The predicted octanol–water partition coefficient (Wildman–Crippen LogP) is 5.04. The molecule has 0 amide bonds. The van der Waals surface area contributed by atoms with Gasteiger partial charge in [0.15, 0.2) is 0 Å². The minimum absolute atomic E-state index is 0.227. The van der Waals surface area contributed by atoms with E-state index in [1.54, 1.807) is 0 Å². The predicted molar refractivity (Wildman–Crippen MR) is 138 cm³/mol. The second kappa shape index (κ2) is 13.3. The average Bonchev–Trinajstić information content (AvgIpc) is 2.90. The molecule has 5 atom stereocenters. The first kappa shape index (κ1) is 25.3. The van der Waals surface area contributed by atoms with Gasteiger partial charge in [0.1, 0.15) is 18.3 Å². The summed E-state index contributed by atoms with van der Waals surface area (Å²) in [5.41, 5.74) is 9.98. The van der Waals surface area contributed by atoms with Crippen LogP contribution in [0.1, 0.15) is 23.1 Å². The molecule has 35 heavy (non-hydrogen) atoms. The van der Waals surface area contributed by atoms with Crippen molar-refractivity contribution in [3.8, 4) is 0 Å². The molecule has 5 heteroatoms. The molecule has 1 fully saturated rings. The van der Waals surface area contributed by atoms with Gasteiger partial charge in [-0.05, 0) is 23.1 Å². The van der Waals surface area contributed by atoms with Crippen molar-refractivity contribution in [3.05, 3.63) is 120 Å². The fourth-order valence-corrected chi connectivity index (χ4v) is 4.35. The Morgan fingerprint density at radius 2 is 1.17 bits per heavy atom. The van der Waals surface area contributed by atoms with Gasteiger partial charge in [0.25, 0.3) is 0 Å². The van der Waals surface area contributed by atoms with Gasteiger partial charge in [-0.15, -0.1) is 6.58 Å². The third-order valence-electron chi connectivity index (χ3n) is 6.21. The second-order valence-corrected chi connectivity index (χ2v) is 8.84. The summed E-state index contributed by atoms with van der Waals surface area (Å²) in [6, 6.07) is 30.0. The molecule has 184 valence electrons. The molecule has 1 heterocycles. The Kier molecular flexibility index (Phi) is 9.64. The van der Waals surface area contributed by atoms with Crippen LogP contribution >= 0.6 is 0 Å². The van der Waals surface area contributed by atoms with Crippen molar-refractivity contribution in [3.63, 3.8) is 0 Å². The van der Waals surface area contributed by atoms with Gasteiger partial charge >= 0.3 is 0 Å². The number of ether oxygens (including phenoxy) is 4. The first-order valence-corrected chi connectivity index (χ1v) is 12.2. The van der Waals surface area contributed by atoms with Crippen molar-refractivity contribution in [1.29, 1.82) is 0 Å². The maximum Gasteiger partial charge on any atom is 0.114 e. The molecule has 1 aliphatic rings. The van der Waals surface area contributed by atoms with Crippen molar-refractivity contribution in [2.24, 2.45) is 5.73 Å². The van der Waals surface area contributed by atoms with Gasteiger partial charge in [0.05, 0.1) is 38.6 Å². The Labute approximate surface area is 208 Å². The fourth-order valence-electron chi connectivity index (χ4n) is 4.35. The van der Waals surface area contributed by atoms with Crippen LogP contribution in [0.3, 0.4) is 0 Å². The third kappa shape index (κ3) is 7.34. The van der Waals surface area contributed by atoms with Crippen LogP contribution in [0.15, 0.2) is 104 Å². The molecule has 0 aromatic heterocycles. The highest BCUT2D eigenvalue weighted by Gasteiger charge is 2.45. The van der Waals surface area contributed by atoms with E-state index >= 15 is 0 Å². The first-order chi connectivity index (χ1) is 17.2. The second-order valence-electron chi connectivity index (χ2n) is 8.84. The summed E-state index contributed by atoms with van der Waals surface area (Å²) in [6.45, 7) is 5.65. The topological polar surface area (TPSA) is 62.9 Å². The summed E-state index contributed by atoms with van der Waals surface area (Å²) in [5.74, 6) is 0. The third-order valence-corrected chi connectivity index (χ3v) is 6.21. The highest BCUT2D eigenvalue weighted by molar-refractivity contribution is 5.15. The normalized spacial score (nSPS) is 24.2. The lowest BCUT2D eigenvalue weighted by molar-refractivity contribution is -0.227. The van der Waals surface area contributed by atoms with E-state index < -0.39 is 0 Å². The first-order valence-electron chi connectivity index (χ1n) is 12.2. The van der Waals surface area contributed by atoms with E-state index in [-0.39, 0.29) is 30.5 Å². The maximum absolute atomic E-state index is 6.70. The molecule has 1 aliphatic heterocycles. The molecule has 0 radical (unpaired) electrons. The van der Waals surface area contributed by atoms with Crippen LogP contribution in [0.25, 0.3) is 0 Å². The standard InChI is InChI=1S/C30H35NO4/c1-2-12-26-28(31)30(34-21-25-17-10-5-11-18-25)29(33-20-24-15-8-4-9-16-24)27(35-26)22-32-19-23-13-6-3-7-14-23/h2-11,13-18,26-30H,1,12,19-22,31H2/t26-,27?,28?,29-,30+/m0/s1. The van der Waals surface area contributed by atoms with Gasteiger partial charge < -0.3 is 24.7 Å². The van der Waals surface area contributed by atoms with E-state index in [0.717, 1.165) is 16.7 Å². The largest absolute Gasteiger partial charge is 0.374 e. The Bertz CT molecular complexity index is 999. The minimum Gasteiger partial charge on any atom is -0.374 e. The maximum atomic E-state index is 6.70. The van der Waals surface area contributed by atoms with Crippen molar-refractivity contribution in [2.75, 3.05) is 6.61 Å². The Hall–Kier alpha value is -2.80. The van der Waals surface area contributed by atoms with Crippen molar-refractivity contribution >= 4 is 0 Å². The number of benzene rings is 3. The summed E-state index contributed by atoms with van der Waals surface area (Å²) in [4.78, 5) is 0. The minimum atomic E-state index is -0.384. The van der Waals surface area contributed by atoms with E-state index in [2.05, 4.69) is 6.58 Å². The van der Waals surface area contributed by atoms with E-state index in [0.29, 0.717) is 32.8 Å². The van der Waals surface area contributed by atoms with E-state index in [4.69, 9.17) is 24.7 Å². The number of rotatable bonds is 12. The molecule has 0 saturated carbocycles. The van der Waals surface area contributed by atoms with Crippen LogP contribution in [0.5, 0.6) is 0 Å². The summed E-state index contributed by atoms with van der Waals surface area (Å²) in [7, 11) is 0. The molecule has 5 nitrogen and oxygen atoms in total. The monoisotopic (exact) mass is 473 g/mol. The van der Waals surface area contributed by atoms with E-state index in [1.165, 1.54) is 0 Å². The zero-order chi connectivity index (χ0) is 24.3. The SMILES string of the molecule is C=CC[C@@H]1OC(COCc2ccccc2)[C@H](OCc2ccccc2)[C@H](OCc2ccccc2)C1N. The number of nitrogens with two attached hydrogens (primary N) is 1. The quantitative estimate of drug-likeness (QED) is 0.373. The van der Waals surface area contributed by atoms with Gasteiger partial charge in [0, 0.05) is 0 Å². The van der Waals surface area contributed by atoms with Crippen LogP contribution in [0, 0.1) is 0 Å². The summed E-state index contributed by atoms with van der Waals surface area (Å²) >= 11 is 0. The van der Waals surface area contributed by atoms with Gasteiger partial charge in [-0.25, -0.2) is 0 Å². The van der Waals surface area contributed by atoms with Gasteiger partial charge in [-0.2, -0.15) is 0 Å². The fraction of sp³-hybridized carbons (Fsp3) is 0.333. The smallest absolute Gasteiger partial charge is 0.114 e. The van der Waals surface area contributed by atoms with Crippen LogP contribution in [0.4, 0.5) is 0 Å². The van der Waals surface area contributed by atoms with Crippen molar-refractivity contribution in [2.45, 2.75) is 56.7 Å². The van der Waals surface area contributed by atoms with Gasteiger partial charge in [0.2, 0.25) is 0 Å². The van der Waals surface area contributed by atoms with E-state index in [9.17, 15) is 0 Å². The molecular weight excluding hydrogens is 438 g/mol. The Morgan fingerprint density at radius 3 is 1.69 bits per heavy atom. The molecule has 3 aromatic rings. The van der Waals surface area contributed by atoms with Crippen LogP contribution < -0.4 is 5.73 Å². The number of hydrogen-bond acceptors (Lipinski definition) is 5. The van der Waals surface area contributed by atoms with Gasteiger partial charge in [-0.3, -0.25) is 0 Å². The molecule has 2 unspecified atom stereocenters. The van der Waals surface area contributed by atoms with Crippen LogP contribution in [-0.4, -0.2) is 37.1 Å². The Morgan fingerprint density at radius 1 is 0.686 bits per heavy atom. The summed E-state index contributed by atoms with van der Waals surface area (Å²) < 4.78 is 25.4. The van der Waals surface area contributed by atoms with Crippen molar-refractivity contribution in [1.82, 2.24) is 0 Å². The molecule has 0 spiro atoms. The molecule has 4 rings (SSSR count). The average molecular weight is 474 g/mol. The molecule has 0 bridgehead atoms. The Balaban J connectivity index is 1.50. The van der Waals surface area contributed by atoms with Gasteiger partial charge in [-0.1, -0.05) is 97.1 Å². The zero-order valence-corrected chi connectivity index (χ0v) is 20.1. The lowest BCUT2D eigenvalue weighted by Crippen LogP contribution is -2.63. The molecule has 2 N–H and O–H groups in total. The van der Waals surface area contributed by atoms with Crippen LogP contribution in [0.2, 0.25) is 0 Å². The van der Waals surface area contributed by atoms with E-state index in [1.807, 2.05) is 97.1 Å². The highest BCUT2D eigenvalue weighted by Crippen LogP contribution is 2.29. The molecular formula is C30H35NO4. The van der Waals surface area contributed by atoms with Crippen molar-refractivity contribution < 1.29 is 18.9 Å².